The first-order valence-electron chi connectivity index (χ1n) is 6.60. The second-order valence-corrected chi connectivity index (χ2v) is 5.58. The van der Waals surface area contributed by atoms with E-state index in [1.165, 1.54) is 25.7 Å². The van der Waals surface area contributed by atoms with Crippen LogP contribution in [0, 0.1) is 5.92 Å². The largest absolute Gasteiger partial charge is 0.393 e. The van der Waals surface area contributed by atoms with E-state index in [-0.39, 0.29) is 6.10 Å². The molecule has 0 saturated heterocycles. The highest BCUT2D eigenvalue weighted by Crippen LogP contribution is 2.36. The molecule has 2 rings (SSSR count). The van der Waals surface area contributed by atoms with Gasteiger partial charge in [-0.15, -0.1) is 0 Å². The normalized spacial score (nSPS) is 28.4. The minimum absolute atomic E-state index is 0.155. The molecule has 0 aromatic carbocycles. The van der Waals surface area contributed by atoms with Crippen LogP contribution in [0.5, 0.6) is 0 Å². The third-order valence-electron chi connectivity index (χ3n) is 4.38. The lowest BCUT2D eigenvalue weighted by molar-refractivity contribution is 0.0119. The molecule has 88 valence electrons. The van der Waals surface area contributed by atoms with Gasteiger partial charge >= 0.3 is 0 Å². The highest BCUT2D eigenvalue weighted by Gasteiger charge is 2.32. The van der Waals surface area contributed by atoms with Crippen LogP contribution >= 0.6 is 0 Å². The SMILES string of the molecule is OC(CCC1(O)CCCC1)C1CCCC1. The average Bonchev–Trinajstić information content (AvgIpc) is 2.85. The molecular weight excluding hydrogens is 188 g/mol. The summed E-state index contributed by atoms with van der Waals surface area (Å²) in [5.41, 5.74) is -0.431. The highest BCUT2D eigenvalue weighted by atomic mass is 16.3. The standard InChI is InChI=1S/C13H24O2/c14-12(11-5-1-2-6-11)7-10-13(15)8-3-4-9-13/h11-12,14-15H,1-10H2. The van der Waals surface area contributed by atoms with Crippen LogP contribution in [-0.4, -0.2) is 21.9 Å². The molecule has 2 fully saturated rings. The van der Waals surface area contributed by atoms with Crippen molar-refractivity contribution < 1.29 is 10.2 Å². The van der Waals surface area contributed by atoms with E-state index in [0.29, 0.717) is 5.92 Å². The first-order valence-corrected chi connectivity index (χ1v) is 6.60. The van der Waals surface area contributed by atoms with Gasteiger partial charge in [0, 0.05) is 0 Å². The Morgan fingerprint density at radius 1 is 1.07 bits per heavy atom. The maximum Gasteiger partial charge on any atom is 0.0648 e. The predicted molar refractivity (Wildman–Crippen MR) is 60.6 cm³/mol. The molecule has 2 aliphatic carbocycles. The van der Waals surface area contributed by atoms with Crippen molar-refractivity contribution in [3.8, 4) is 0 Å². The van der Waals surface area contributed by atoms with Crippen molar-refractivity contribution >= 4 is 0 Å². The molecule has 1 unspecified atom stereocenters. The van der Waals surface area contributed by atoms with E-state index in [0.717, 1.165) is 38.5 Å². The summed E-state index contributed by atoms with van der Waals surface area (Å²) >= 11 is 0. The number of aliphatic hydroxyl groups excluding tert-OH is 1. The van der Waals surface area contributed by atoms with E-state index in [1.54, 1.807) is 0 Å². The predicted octanol–water partition coefficient (Wildman–Crippen LogP) is 2.62. The van der Waals surface area contributed by atoms with Crippen molar-refractivity contribution in [3.63, 3.8) is 0 Å². The van der Waals surface area contributed by atoms with Gasteiger partial charge in [-0.1, -0.05) is 25.7 Å². The molecule has 15 heavy (non-hydrogen) atoms. The van der Waals surface area contributed by atoms with Crippen molar-refractivity contribution in [1.82, 2.24) is 0 Å². The van der Waals surface area contributed by atoms with E-state index in [1.807, 2.05) is 0 Å². The van der Waals surface area contributed by atoms with Gasteiger partial charge in [0.15, 0.2) is 0 Å². The zero-order chi connectivity index (χ0) is 10.7. The monoisotopic (exact) mass is 212 g/mol. The summed E-state index contributed by atoms with van der Waals surface area (Å²) in [6, 6.07) is 0. The molecule has 0 aromatic heterocycles. The summed E-state index contributed by atoms with van der Waals surface area (Å²) in [5, 5.41) is 20.2. The van der Waals surface area contributed by atoms with Crippen LogP contribution in [0.1, 0.15) is 64.2 Å². The Morgan fingerprint density at radius 2 is 1.67 bits per heavy atom. The Morgan fingerprint density at radius 3 is 2.27 bits per heavy atom. The fraction of sp³-hybridized carbons (Fsp3) is 1.00. The number of aliphatic hydroxyl groups is 2. The van der Waals surface area contributed by atoms with Gasteiger partial charge < -0.3 is 10.2 Å². The zero-order valence-electron chi connectivity index (χ0n) is 9.62. The van der Waals surface area contributed by atoms with Crippen LogP contribution in [-0.2, 0) is 0 Å². The van der Waals surface area contributed by atoms with Gasteiger partial charge in [0.1, 0.15) is 0 Å². The van der Waals surface area contributed by atoms with E-state index >= 15 is 0 Å². The lowest BCUT2D eigenvalue weighted by Gasteiger charge is -2.25. The Hall–Kier alpha value is -0.0800. The Kier molecular flexibility index (Phi) is 3.68. The second-order valence-electron chi connectivity index (χ2n) is 5.58. The van der Waals surface area contributed by atoms with Crippen molar-refractivity contribution in [1.29, 1.82) is 0 Å². The average molecular weight is 212 g/mol. The van der Waals surface area contributed by atoms with Gasteiger partial charge in [-0.25, -0.2) is 0 Å². The van der Waals surface area contributed by atoms with Gasteiger partial charge in [0.05, 0.1) is 11.7 Å². The molecule has 0 radical (unpaired) electrons. The third kappa shape index (κ3) is 2.94. The van der Waals surface area contributed by atoms with Gasteiger partial charge in [-0.2, -0.15) is 0 Å². The Balaban J connectivity index is 1.72. The molecule has 2 aliphatic rings. The smallest absolute Gasteiger partial charge is 0.0648 e. The summed E-state index contributed by atoms with van der Waals surface area (Å²) in [4.78, 5) is 0. The molecule has 0 amide bonds. The number of rotatable bonds is 4. The molecule has 1 atom stereocenters. The van der Waals surface area contributed by atoms with Crippen LogP contribution in [0.15, 0.2) is 0 Å². The molecule has 0 bridgehead atoms. The van der Waals surface area contributed by atoms with Crippen molar-refractivity contribution in [2.45, 2.75) is 75.9 Å². The van der Waals surface area contributed by atoms with Crippen LogP contribution in [0.25, 0.3) is 0 Å². The van der Waals surface area contributed by atoms with Crippen LogP contribution in [0.3, 0.4) is 0 Å². The fourth-order valence-electron chi connectivity index (χ4n) is 3.28. The molecular formula is C13H24O2. The van der Waals surface area contributed by atoms with Crippen LogP contribution < -0.4 is 0 Å². The minimum atomic E-state index is -0.431. The molecule has 0 aliphatic heterocycles. The lowest BCUT2D eigenvalue weighted by atomic mass is 9.89. The number of hydrogen-bond donors (Lipinski definition) is 2. The molecule has 2 saturated carbocycles. The summed E-state index contributed by atoms with van der Waals surface area (Å²) < 4.78 is 0. The topological polar surface area (TPSA) is 40.5 Å². The van der Waals surface area contributed by atoms with Crippen molar-refractivity contribution in [3.05, 3.63) is 0 Å². The first-order chi connectivity index (χ1) is 7.20. The maximum absolute atomic E-state index is 10.2. The molecule has 2 nitrogen and oxygen atoms in total. The van der Waals surface area contributed by atoms with E-state index in [9.17, 15) is 10.2 Å². The van der Waals surface area contributed by atoms with Crippen molar-refractivity contribution in [2.75, 3.05) is 0 Å². The first kappa shape index (κ1) is 11.4. The van der Waals surface area contributed by atoms with Gasteiger partial charge in [0.25, 0.3) is 0 Å². The number of hydrogen-bond acceptors (Lipinski definition) is 2. The molecule has 0 aromatic rings. The summed E-state index contributed by atoms with van der Waals surface area (Å²) in [6.07, 6.45) is 10.6. The Labute approximate surface area is 92.7 Å². The van der Waals surface area contributed by atoms with Gasteiger partial charge in [-0.05, 0) is 44.4 Å². The lowest BCUT2D eigenvalue weighted by Crippen LogP contribution is -2.28. The second kappa shape index (κ2) is 4.84. The molecule has 0 spiro atoms. The summed E-state index contributed by atoms with van der Waals surface area (Å²) in [6.45, 7) is 0. The van der Waals surface area contributed by atoms with Crippen LogP contribution in [0.2, 0.25) is 0 Å². The molecule has 2 heteroatoms. The fourth-order valence-corrected chi connectivity index (χ4v) is 3.28. The molecule has 2 N–H and O–H groups in total. The minimum Gasteiger partial charge on any atom is -0.393 e. The quantitative estimate of drug-likeness (QED) is 0.752. The highest BCUT2D eigenvalue weighted by molar-refractivity contribution is 4.86. The molecule has 0 heterocycles. The van der Waals surface area contributed by atoms with Gasteiger partial charge in [-0.3, -0.25) is 0 Å². The summed E-state index contributed by atoms with van der Waals surface area (Å²) in [7, 11) is 0. The van der Waals surface area contributed by atoms with Gasteiger partial charge in [0.2, 0.25) is 0 Å². The van der Waals surface area contributed by atoms with E-state index in [2.05, 4.69) is 0 Å². The third-order valence-corrected chi connectivity index (χ3v) is 4.38. The van der Waals surface area contributed by atoms with E-state index < -0.39 is 5.60 Å². The summed E-state index contributed by atoms with van der Waals surface area (Å²) in [5.74, 6) is 0.523. The zero-order valence-corrected chi connectivity index (χ0v) is 9.62. The Bertz CT molecular complexity index is 191. The maximum atomic E-state index is 10.2. The van der Waals surface area contributed by atoms with Crippen LogP contribution in [0.4, 0.5) is 0 Å². The van der Waals surface area contributed by atoms with Crippen molar-refractivity contribution in [2.24, 2.45) is 5.92 Å². The van der Waals surface area contributed by atoms with E-state index in [4.69, 9.17) is 0 Å².